The van der Waals surface area contributed by atoms with Crippen LogP contribution in [0.15, 0.2) is 18.2 Å². The van der Waals surface area contributed by atoms with Crippen molar-refractivity contribution in [2.45, 2.75) is 46.5 Å². The van der Waals surface area contributed by atoms with Crippen molar-refractivity contribution in [3.63, 3.8) is 0 Å². The molecule has 6 nitrogen and oxygen atoms in total. The highest BCUT2D eigenvalue weighted by atomic mass is 32.1. The third-order valence-electron chi connectivity index (χ3n) is 4.98. The van der Waals surface area contributed by atoms with Gasteiger partial charge in [-0.1, -0.05) is 45.9 Å². The summed E-state index contributed by atoms with van der Waals surface area (Å²) in [4.78, 5) is 27.0. The summed E-state index contributed by atoms with van der Waals surface area (Å²) >= 11 is 6.80. The van der Waals surface area contributed by atoms with Crippen LogP contribution in [-0.2, 0) is 4.74 Å². The number of nitrogens with zero attached hydrogens (tertiary/aromatic N) is 1. The number of carbonyl (C=O) groups excluding carboxylic acids is 2. The van der Waals surface area contributed by atoms with Gasteiger partial charge in [-0.15, -0.1) is 11.3 Å². The van der Waals surface area contributed by atoms with Gasteiger partial charge in [0, 0.05) is 19.8 Å². The van der Waals surface area contributed by atoms with Gasteiger partial charge >= 0.3 is 5.97 Å². The van der Waals surface area contributed by atoms with Gasteiger partial charge in [0.1, 0.15) is 5.00 Å². The molecular formula is C23H31N3O3S2. The Morgan fingerprint density at radius 3 is 2.06 bits per heavy atom. The van der Waals surface area contributed by atoms with Gasteiger partial charge in [-0.05, 0) is 47.7 Å². The van der Waals surface area contributed by atoms with E-state index in [0.29, 0.717) is 38.0 Å². The third-order valence-corrected chi connectivity index (χ3v) is 6.37. The monoisotopic (exact) mass is 461 g/mol. The summed E-state index contributed by atoms with van der Waals surface area (Å²) < 4.78 is 4.95. The molecule has 0 spiro atoms. The van der Waals surface area contributed by atoms with E-state index in [1.54, 1.807) is 21.0 Å². The minimum Gasteiger partial charge on any atom is -0.465 e. The maximum absolute atomic E-state index is 12.6. The molecule has 168 valence electrons. The van der Waals surface area contributed by atoms with E-state index in [1.165, 1.54) is 23.3 Å². The Labute approximate surface area is 194 Å². The largest absolute Gasteiger partial charge is 0.465 e. The number of rotatable bonds is 6. The van der Waals surface area contributed by atoms with Crippen molar-refractivity contribution in [3.05, 3.63) is 45.3 Å². The number of carbonyl (C=O) groups is 2. The Bertz CT molecular complexity index is 968. The van der Waals surface area contributed by atoms with E-state index in [4.69, 9.17) is 17.0 Å². The molecule has 0 atom stereocenters. The van der Waals surface area contributed by atoms with Crippen molar-refractivity contribution < 1.29 is 14.3 Å². The molecule has 0 saturated heterocycles. The molecule has 31 heavy (non-hydrogen) atoms. The molecule has 2 rings (SSSR count). The summed E-state index contributed by atoms with van der Waals surface area (Å²) in [5.74, 6) is -0.0695. The van der Waals surface area contributed by atoms with Crippen LogP contribution in [0.2, 0.25) is 0 Å². The first-order valence-electron chi connectivity index (χ1n) is 10.1. The molecule has 0 aliphatic rings. The molecule has 0 saturated carbocycles. The van der Waals surface area contributed by atoms with Crippen molar-refractivity contribution in [2.75, 3.05) is 31.8 Å². The number of ether oxygens (including phenoxy) is 1. The van der Waals surface area contributed by atoms with Crippen LogP contribution in [0.4, 0.5) is 10.7 Å². The van der Waals surface area contributed by atoms with E-state index in [9.17, 15) is 9.59 Å². The molecule has 1 heterocycles. The molecule has 1 aromatic carbocycles. The molecule has 0 fully saturated rings. The van der Waals surface area contributed by atoms with E-state index in [-0.39, 0.29) is 5.91 Å². The zero-order valence-corrected chi connectivity index (χ0v) is 21.0. The number of anilines is 2. The molecule has 0 aliphatic heterocycles. The highest BCUT2D eigenvalue weighted by Gasteiger charge is 2.27. The molecule has 0 radical (unpaired) electrons. The molecule has 1 aromatic heterocycles. The number of hydrogen-bond acceptors (Lipinski definition) is 5. The predicted molar refractivity (Wildman–Crippen MR) is 133 cm³/mol. The lowest BCUT2D eigenvalue weighted by Gasteiger charge is -2.21. The molecule has 2 aromatic rings. The van der Waals surface area contributed by atoms with Crippen LogP contribution in [0.3, 0.4) is 0 Å². The van der Waals surface area contributed by atoms with Gasteiger partial charge in [0.15, 0.2) is 5.11 Å². The first-order valence-corrected chi connectivity index (χ1v) is 11.4. The number of benzene rings is 1. The maximum atomic E-state index is 12.6. The Morgan fingerprint density at radius 2 is 1.61 bits per heavy atom. The lowest BCUT2D eigenvalue weighted by molar-refractivity contribution is 0.0601. The van der Waals surface area contributed by atoms with Gasteiger partial charge in [-0.3, -0.25) is 4.79 Å². The fourth-order valence-corrected chi connectivity index (χ4v) is 4.79. The lowest BCUT2D eigenvalue weighted by atomic mass is 9.93. The highest BCUT2D eigenvalue weighted by Crippen LogP contribution is 2.36. The number of esters is 1. The van der Waals surface area contributed by atoms with Gasteiger partial charge in [0.05, 0.1) is 17.6 Å². The first-order chi connectivity index (χ1) is 14.5. The second-order valence-corrected chi connectivity index (χ2v) is 9.58. The molecule has 1 amide bonds. The van der Waals surface area contributed by atoms with Crippen molar-refractivity contribution in [2.24, 2.45) is 0 Å². The van der Waals surface area contributed by atoms with Gasteiger partial charge < -0.3 is 20.3 Å². The predicted octanol–water partition coefficient (Wildman–Crippen LogP) is 5.60. The third kappa shape index (κ3) is 5.43. The van der Waals surface area contributed by atoms with E-state index < -0.39 is 5.97 Å². The zero-order valence-electron chi connectivity index (χ0n) is 19.4. The molecule has 8 heteroatoms. The SMILES string of the molecule is COC(=O)c1c(NC(=S)Nc2c(C(C)C)cccc2C(C)C)sc(C(=O)N(C)C)c1C. The average molecular weight is 462 g/mol. The zero-order chi connectivity index (χ0) is 23.5. The molecule has 0 aliphatic carbocycles. The smallest absolute Gasteiger partial charge is 0.341 e. The number of methoxy groups -OCH3 is 1. The fourth-order valence-electron chi connectivity index (χ4n) is 3.30. The number of amides is 1. The number of nitrogens with one attached hydrogen (secondary N) is 2. The molecule has 0 unspecified atom stereocenters. The first kappa shape index (κ1) is 24.8. The fraction of sp³-hybridized carbons (Fsp3) is 0.435. The van der Waals surface area contributed by atoms with Gasteiger partial charge in [-0.2, -0.15) is 0 Å². The van der Waals surface area contributed by atoms with Crippen molar-refractivity contribution >= 4 is 51.2 Å². The van der Waals surface area contributed by atoms with Crippen LogP contribution in [0.25, 0.3) is 0 Å². The Morgan fingerprint density at radius 1 is 1.06 bits per heavy atom. The average Bonchev–Trinajstić information content (AvgIpc) is 3.01. The van der Waals surface area contributed by atoms with Crippen LogP contribution in [0, 0.1) is 6.92 Å². The Balaban J connectivity index is 2.44. The second-order valence-electron chi connectivity index (χ2n) is 8.15. The van der Waals surface area contributed by atoms with Crippen LogP contribution < -0.4 is 10.6 Å². The highest BCUT2D eigenvalue weighted by molar-refractivity contribution is 7.80. The van der Waals surface area contributed by atoms with E-state index in [1.807, 2.05) is 0 Å². The van der Waals surface area contributed by atoms with Crippen molar-refractivity contribution in [3.8, 4) is 0 Å². The van der Waals surface area contributed by atoms with E-state index >= 15 is 0 Å². The number of thiocarbonyl (C=S) groups is 1. The van der Waals surface area contributed by atoms with E-state index in [0.717, 1.165) is 16.8 Å². The standard InChI is InChI=1S/C23H31N3O3S2/c1-12(2)15-10-9-11-16(13(3)4)18(15)24-23(30)25-20-17(22(28)29-8)14(5)19(31-20)21(27)26(6)7/h9-13H,1-8H3,(H2,24,25,30). The van der Waals surface area contributed by atoms with Gasteiger partial charge in [-0.25, -0.2) is 4.79 Å². The van der Waals surface area contributed by atoms with Crippen LogP contribution >= 0.6 is 23.6 Å². The van der Waals surface area contributed by atoms with Crippen LogP contribution in [0.5, 0.6) is 0 Å². The van der Waals surface area contributed by atoms with Crippen LogP contribution in [0.1, 0.15) is 76.3 Å². The molecular weight excluding hydrogens is 430 g/mol. The summed E-state index contributed by atoms with van der Waals surface area (Å²) in [5, 5.41) is 7.30. The van der Waals surface area contributed by atoms with Gasteiger partial charge in [0.2, 0.25) is 0 Å². The quantitative estimate of drug-likeness (QED) is 0.431. The summed E-state index contributed by atoms with van der Waals surface area (Å²) in [5.41, 5.74) is 4.20. The number of para-hydroxylation sites is 1. The maximum Gasteiger partial charge on any atom is 0.341 e. The van der Waals surface area contributed by atoms with Crippen molar-refractivity contribution in [1.29, 1.82) is 0 Å². The molecule has 0 bridgehead atoms. The van der Waals surface area contributed by atoms with Crippen molar-refractivity contribution in [1.82, 2.24) is 4.90 Å². The van der Waals surface area contributed by atoms with E-state index in [2.05, 4.69) is 56.5 Å². The Hall–Kier alpha value is -2.45. The van der Waals surface area contributed by atoms with Crippen LogP contribution in [-0.4, -0.2) is 43.1 Å². The summed E-state index contributed by atoms with van der Waals surface area (Å²) in [6.45, 7) is 10.3. The Kier molecular flexibility index (Phi) is 8.20. The summed E-state index contributed by atoms with van der Waals surface area (Å²) in [6, 6.07) is 6.23. The minimum atomic E-state index is -0.512. The molecule has 2 N–H and O–H groups in total. The van der Waals surface area contributed by atoms with Gasteiger partial charge in [0.25, 0.3) is 5.91 Å². The minimum absolute atomic E-state index is 0.174. The lowest BCUT2D eigenvalue weighted by Crippen LogP contribution is -2.22. The second kappa shape index (κ2) is 10.2. The normalized spacial score (nSPS) is 10.9. The topological polar surface area (TPSA) is 70.7 Å². The summed E-state index contributed by atoms with van der Waals surface area (Å²) in [6.07, 6.45) is 0. The number of hydrogen-bond donors (Lipinski definition) is 2. The summed E-state index contributed by atoms with van der Waals surface area (Å²) in [7, 11) is 4.67. The number of thiophene rings is 1.